The molecule has 35 heavy (non-hydrogen) atoms. The fraction of sp³-hybridized carbons (Fsp3) is 0.346. The maximum atomic E-state index is 13.7. The molecule has 184 valence electrons. The number of anilines is 2. The van der Waals surface area contributed by atoms with Crippen LogP contribution in [0.5, 0.6) is 11.5 Å². The van der Waals surface area contributed by atoms with E-state index in [9.17, 15) is 4.79 Å². The first-order valence-corrected chi connectivity index (χ1v) is 12.7. The van der Waals surface area contributed by atoms with Gasteiger partial charge in [0.2, 0.25) is 11.1 Å². The molecular formula is C26H31N5O3S. The number of amides is 1. The number of aromatic nitrogens is 3. The van der Waals surface area contributed by atoms with Gasteiger partial charge in [-0.15, -0.1) is 5.10 Å². The summed E-state index contributed by atoms with van der Waals surface area (Å²) in [5.74, 6) is 2.60. The molecule has 2 aromatic carbocycles. The molecule has 0 aliphatic carbocycles. The van der Waals surface area contributed by atoms with E-state index in [1.54, 1.807) is 23.6 Å². The van der Waals surface area contributed by atoms with Gasteiger partial charge in [-0.25, -0.2) is 4.68 Å². The second-order valence-corrected chi connectivity index (χ2v) is 9.53. The number of nitrogens with zero attached hydrogens (tertiary/aromatic N) is 3. The Morgan fingerprint density at radius 1 is 1.23 bits per heavy atom. The summed E-state index contributed by atoms with van der Waals surface area (Å²) in [4.78, 5) is 18.4. The lowest BCUT2D eigenvalue weighted by Gasteiger charge is -2.29. The van der Waals surface area contributed by atoms with Crippen molar-refractivity contribution >= 4 is 29.3 Å². The van der Waals surface area contributed by atoms with Crippen molar-refractivity contribution in [2.24, 2.45) is 0 Å². The molecule has 0 saturated heterocycles. The number of methoxy groups -OCH3 is 1. The van der Waals surface area contributed by atoms with Gasteiger partial charge in [-0.3, -0.25) is 4.79 Å². The number of carbonyl (C=O) groups excluding carboxylic acids is 1. The molecule has 8 nitrogen and oxygen atoms in total. The zero-order valence-corrected chi connectivity index (χ0v) is 21.5. The highest BCUT2D eigenvalue weighted by atomic mass is 32.2. The predicted molar refractivity (Wildman–Crippen MR) is 139 cm³/mol. The van der Waals surface area contributed by atoms with Crippen LogP contribution in [0.15, 0.2) is 65.0 Å². The van der Waals surface area contributed by atoms with Crippen LogP contribution in [0.25, 0.3) is 0 Å². The Kier molecular flexibility index (Phi) is 7.65. The van der Waals surface area contributed by atoms with E-state index in [1.807, 2.05) is 69.3 Å². The van der Waals surface area contributed by atoms with E-state index < -0.39 is 6.04 Å². The van der Waals surface area contributed by atoms with Crippen molar-refractivity contribution in [1.29, 1.82) is 0 Å². The molecule has 4 rings (SSSR count). The van der Waals surface area contributed by atoms with Gasteiger partial charge in [0.15, 0.2) is 0 Å². The summed E-state index contributed by atoms with van der Waals surface area (Å²) >= 11 is 1.60. The van der Waals surface area contributed by atoms with Gasteiger partial charge in [-0.05, 0) is 57.0 Å². The Bertz CT molecular complexity index is 1240. The first kappa shape index (κ1) is 24.7. The Hall–Kier alpha value is -3.46. The number of para-hydroxylation sites is 2. The van der Waals surface area contributed by atoms with Gasteiger partial charge in [0, 0.05) is 11.4 Å². The fourth-order valence-electron chi connectivity index (χ4n) is 3.96. The molecule has 1 aromatic heterocycles. The molecule has 1 amide bonds. The number of rotatable bonds is 9. The highest BCUT2D eigenvalue weighted by Gasteiger charge is 2.35. The molecule has 1 aliphatic heterocycles. The molecular weight excluding hydrogens is 462 g/mol. The topological polar surface area (TPSA) is 90.3 Å². The molecule has 1 unspecified atom stereocenters. The number of fused-ring (bicyclic) bond motifs is 1. The van der Waals surface area contributed by atoms with Crippen molar-refractivity contribution in [2.75, 3.05) is 23.5 Å². The zero-order chi connectivity index (χ0) is 24.9. The number of nitrogens with one attached hydrogen (secondary N) is 2. The van der Waals surface area contributed by atoms with Crippen LogP contribution in [-0.4, -0.2) is 39.6 Å². The normalized spacial score (nSPS) is 15.0. The number of thioether (sulfide) groups is 1. The first-order valence-electron chi connectivity index (χ1n) is 11.7. The van der Waals surface area contributed by atoms with Gasteiger partial charge in [0.25, 0.3) is 5.91 Å². The minimum Gasteiger partial charge on any atom is -0.495 e. The molecule has 0 bridgehead atoms. The van der Waals surface area contributed by atoms with Crippen molar-refractivity contribution in [3.05, 3.63) is 65.4 Å². The Morgan fingerprint density at radius 2 is 2.03 bits per heavy atom. The Labute approximate surface area is 210 Å². The van der Waals surface area contributed by atoms with Gasteiger partial charge in [0.1, 0.15) is 17.5 Å². The number of carbonyl (C=O) groups is 1. The third kappa shape index (κ3) is 5.45. The summed E-state index contributed by atoms with van der Waals surface area (Å²) in [6.45, 7) is 7.98. The molecule has 0 saturated carbocycles. The average molecular weight is 494 g/mol. The maximum absolute atomic E-state index is 13.7. The first-order chi connectivity index (χ1) is 16.9. The van der Waals surface area contributed by atoms with Gasteiger partial charge in [0.05, 0.1) is 24.5 Å². The maximum Gasteiger partial charge on any atom is 0.255 e. The number of hydrogen-bond donors (Lipinski definition) is 2. The van der Waals surface area contributed by atoms with Gasteiger partial charge in [-0.2, -0.15) is 4.98 Å². The highest BCUT2D eigenvalue weighted by Crippen LogP contribution is 2.38. The second-order valence-electron chi connectivity index (χ2n) is 8.47. The highest BCUT2D eigenvalue weighted by molar-refractivity contribution is 7.99. The SMILES string of the molecule is CCCSc1nc2n(n1)C(c1cccc(OC(C)C)c1)C(C(=O)Nc1ccccc1OC)=C(C)N2. The van der Waals surface area contributed by atoms with Crippen molar-refractivity contribution in [1.82, 2.24) is 14.8 Å². The van der Waals surface area contributed by atoms with E-state index in [0.717, 1.165) is 23.5 Å². The van der Waals surface area contributed by atoms with E-state index in [4.69, 9.17) is 14.6 Å². The van der Waals surface area contributed by atoms with Crippen molar-refractivity contribution in [3.8, 4) is 11.5 Å². The van der Waals surface area contributed by atoms with E-state index >= 15 is 0 Å². The summed E-state index contributed by atoms with van der Waals surface area (Å²) in [7, 11) is 1.58. The smallest absolute Gasteiger partial charge is 0.255 e. The number of allylic oxidation sites excluding steroid dienone is 1. The molecule has 2 N–H and O–H groups in total. The number of ether oxygens (including phenoxy) is 2. The molecule has 0 fully saturated rings. The Balaban J connectivity index is 1.77. The van der Waals surface area contributed by atoms with Crippen molar-refractivity contribution in [3.63, 3.8) is 0 Å². The van der Waals surface area contributed by atoms with Crippen molar-refractivity contribution < 1.29 is 14.3 Å². The lowest BCUT2D eigenvalue weighted by molar-refractivity contribution is -0.113. The van der Waals surface area contributed by atoms with Crippen LogP contribution in [0, 0.1) is 0 Å². The van der Waals surface area contributed by atoms with Crippen LogP contribution in [0.2, 0.25) is 0 Å². The molecule has 2 heterocycles. The average Bonchev–Trinajstić information content (AvgIpc) is 3.24. The third-order valence-corrected chi connectivity index (χ3v) is 6.46. The van der Waals surface area contributed by atoms with Crippen LogP contribution < -0.4 is 20.1 Å². The standard InChI is InChI=1S/C26H31N5O3S/c1-6-14-35-26-29-25-27-17(4)22(24(32)28-20-12-7-8-13-21(20)33-5)23(31(25)30-26)18-10-9-11-19(15-18)34-16(2)3/h7-13,15-16,23H,6,14H2,1-5H3,(H,28,32)(H,27,29,30). The van der Waals surface area contributed by atoms with E-state index in [0.29, 0.717) is 33.8 Å². The van der Waals surface area contributed by atoms with Crippen LogP contribution in [0.4, 0.5) is 11.6 Å². The van der Waals surface area contributed by atoms with Crippen LogP contribution in [0.3, 0.4) is 0 Å². The molecule has 9 heteroatoms. The monoisotopic (exact) mass is 493 g/mol. The molecule has 0 radical (unpaired) electrons. The lowest BCUT2D eigenvalue weighted by Crippen LogP contribution is -2.31. The third-order valence-electron chi connectivity index (χ3n) is 5.41. The summed E-state index contributed by atoms with van der Waals surface area (Å²) in [6.07, 6.45) is 1.05. The van der Waals surface area contributed by atoms with Crippen LogP contribution in [0.1, 0.15) is 45.7 Å². The zero-order valence-electron chi connectivity index (χ0n) is 20.7. The van der Waals surface area contributed by atoms with Crippen LogP contribution in [-0.2, 0) is 4.79 Å². The van der Waals surface area contributed by atoms with Crippen LogP contribution >= 0.6 is 11.8 Å². The van der Waals surface area contributed by atoms with Gasteiger partial charge >= 0.3 is 0 Å². The largest absolute Gasteiger partial charge is 0.495 e. The van der Waals surface area contributed by atoms with Crippen molar-refractivity contribution in [2.45, 2.75) is 51.4 Å². The summed E-state index contributed by atoms with van der Waals surface area (Å²) in [5.41, 5.74) is 2.73. The summed E-state index contributed by atoms with van der Waals surface area (Å²) in [5, 5.41) is 11.7. The van der Waals surface area contributed by atoms with Gasteiger partial charge in [-0.1, -0.05) is 43.0 Å². The van der Waals surface area contributed by atoms with E-state index in [-0.39, 0.29) is 12.0 Å². The number of hydrogen-bond acceptors (Lipinski definition) is 7. The summed E-state index contributed by atoms with van der Waals surface area (Å²) in [6, 6.07) is 14.7. The quantitative estimate of drug-likeness (QED) is 0.380. The fourth-order valence-corrected chi connectivity index (χ4v) is 4.64. The second kappa shape index (κ2) is 10.9. The molecule has 0 spiro atoms. The van der Waals surface area contributed by atoms with E-state index in [1.165, 1.54) is 0 Å². The Morgan fingerprint density at radius 3 is 2.77 bits per heavy atom. The summed E-state index contributed by atoms with van der Waals surface area (Å²) < 4.78 is 13.2. The number of benzene rings is 2. The van der Waals surface area contributed by atoms with E-state index in [2.05, 4.69) is 22.5 Å². The lowest BCUT2D eigenvalue weighted by atomic mass is 9.94. The predicted octanol–water partition coefficient (Wildman–Crippen LogP) is 5.50. The molecule has 1 aliphatic rings. The minimum atomic E-state index is -0.486. The molecule has 3 aromatic rings. The minimum absolute atomic E-state index is 0.0304. The van der Waals surface area contributed by atoms with Gasteiger partial charge < -0.3 is 20.1 Å². The molecule has 1 atom stereocenters.